The average molecular weight is 254 g/mol. The Kier molecular flexibility index (Phi) is 9.75. The minimum atomic E-state index is -0.515. The maximum absolute atomic E-state index is 11.3. The Balaban J connectivity index is 3.50. The smallest absolute Gasteiger partial charge is 0.307 e. The second kappa shape index (κ2) is 10.6. The molecule has 0 spiro atoms. The highest BCUT2D eigenvalue weighted by Gasteiger charge is 2.09. The molecule has 0 radical (unpaired) electrons. The summed E-state index contributed by atoms with van der Waals surface area (Å²) in [6, 6.07) is 0. The van der Waals surface area contributed by atoms with Crippen molar-refractivity contribution in [3.63, 3.8) is 0 Å². The van der Waals surface area contributed by atoms with Gasteiger partial charge in [0.2, 0.25) is 0 Å². The van der Waals surface area contributed by atoms with Crippen LogP contribution in [0.15, 0.2) is 0 Å². The van der Waals surface area contributed by atoms with Crippen molar-refractivity contribution in [2.75, 3.05) is 6.61 Å². The van der Waals surface area contributed by atoms with E-state index in [-0.39, 0.29) is 24.8 Å². The van der Waals surface area contributed by atoms with Crippen LogP contribution in [0, 0.1) is 12.3 Å². The Hall–Kier alpha value is -1.50. The van der Waals surface area contributed by atoms with Gasteiger partial charge in [-0.05, 0) is 19.8 Å². The van der Waals surface area contributed by atoms with Gasteiger partial charge in [-0.2, -0.15) is 0 Å². The third kappa shape index (κ3) is 9.71. The van der Waals surface area contributed by atoms with Crippen LogP contribution in [0.3, 0.4) is 0 Å². The van der Waals surface area contributed by atoms with E-state index < -0.39 is 6.10 Å². The standard InChI is InChI=1S/C14H22O4/c1-4-6-7-11-17-13(15)9-8-10-14(16)18-12(3)5-2/h2,12H,4,6-11H2,1,3H3. The van der Waals surface area contributed by atoms with Gasteiger partial charge in [0.05, 0.1) is 6.61 Å². The number of unbranched alkanes of at least 4 members (excludes halogenated alkanes) is 2. The monoisotopic (exact) mass is 254 g/mol. The molecule has 0 aromatic rings. The van der Waals surface area contributed by atoms with E-state index in [4.69, 9.17) is 15.9 Å². The molecule has 0 amide bonds. The van der Waals surface area contributed by atoms with E-state index in [0.29, 0.717) is 13.0 Å². The molecule has 0 aromatic carbocycles. The molecule has 0 fully saturated rings. The molecular formula is C14H22O4. The number of carbonyl (C=O) groups is 2. The number of rotatable bonds is 9. The van der Waals surface area contributed by atoms with E-state index in [0.717, 1.165) is 19.3 Å². The van der Waals surface area contributed by atoms with Crippen molar-refractivity contribution in [2.45, 2.75) is 58.5 Å². The van der Waals surface area contributed by atoms with E-state index >= 15 is 0 Å². The lowest BCUT2D eigenvalue weighted by Crippen LogP contribution is -2.13. The van der Waals surface area contributed by atoms with Crippen LogP contribution in [0.2, 0.25) is 0 Å². The highest BCUT2D eigenvalue weighted by atomic mass is 16.5. The number of terminal acetylenes is 1. The summed E-state index contributed by atoms with van der Waals surface area (Å²) in [6.07, 6.45) is 8.47. The maximum Gasteiger partial charge on any atom is 0.307 e. The Morgan fingerprint density at radius 1 is 1.17 bits per heavy atom. The van der Waals surface area contributed by atoms with Crippen molar-refractivity contribution in [1.29, 1.82) is 0 Å². The van der Waals surface area contributed by atoms with Gasteiger partial charge in [-0.25, -0.2) is 0 Å². The third-order valence-corrected chi connectivity index (χ3v) is 2.32. The molecule has 0 aromatic heterocycles. The Labute approximate surface area is 109 Å². The van der Waals surface area contributed by atoms with Crippen LogP contribution in [0.1, 0.15) is 52.4 Å². The van der Waals surface area contributed by atoms with E-state index in [9.17, 15) is 9.59 Å². The van der Waals surface area contributed by atoms with Gasteiger partial charge in [0.15, 0.2) is 6.10 Å². The topological polar surface area (TPSA) is 52.6 Å². The quantitative estimate of drug-likeness (QED) is 0.360. The molecule has 1 unspecified atom stereocenters. The molecule has 0 aliphatic heterocycles. The summed E-state index contributed by atoms with van der Waals surface area (Å²) < 4.78 is 9.87. The number of hydrogen-bond donors (Lipinski definition) is 0. The number of hydrogen-bond acceptors (Lipinski definition) is 4. The number of esters is 2. The van der Waals surface area contributed by atoms with Crippen molar-refractivity contribution in [3.05, 3.63) is 0 Å². The third-order valence-electron chi connectivity index (χ3n) is 2.32. The first kappa shape index (κ1) is 16.5. The van der Waals surface area contributed by atoms with Gasteiger partial charge in [-0.3, -0.25) is 9.59 Å². The first-order valence-corrected chi connectivity index (χ1v) is 6.41. The molecule has 1 atom stereocenters. The molecule has 102 valence electrons. The van der Waals surface area contributed by atoms with Crippen molar-refractivity contribution in [2.24, 2.45) is 0 Å². The largest absolute Gasteiger partial charge is 0.466 e. The Morgan fingerprint density at radius 3 is 2.44 bits per heavy atom. The van der Waals surface area contributed by atoms with Gasteiger partial charge in [0, 0.05) is 12.8 Å². The molecule has 4 nitrogen and oxygen atoms in total. The summed E-state index contributed by atoms with van der Waals surface area (Å²) in [4.78, 5) is 22.5. The fraction of sp³-hybridized carbons (Fsp3) is 0.714. The van der Waals surface area contributed by atoms with Crippen LogP contribution in [0.25, 0.3) is 0 Å². The zero-order valence-electron chi connectivity index (χ0n) is 11.2. The molecule has 0 N–H and O–H groups in total. The molecule has 0 heterocycles. The van der Waals surface area contributed by atoms with Crippen molar-refractivity contribution >= 4 is 11.9 Å². The van der Waals surface area contributed by atoms with Crippen molar-refractivity contribution in [3.8, 4) is 12.3 Å². The van der Waals surface area contributed by atoms with Gasteiger partial charge < -0.3 is 9.47 Å². The highest BCUT2D eigenvalue weighted by Crippen LogP contribution is 2.03. The fourth-order valence-corrected chi connectivity index (χ4v) is 1.28. The molecule has 0 saturated carbocycles. The lowest BCUT2D eigenvalue weighted by molar-refractivity contribution is -0.146. The molecular weight excluding hydrogens is 232 g/mol. The van der Waals surface area contributed by atoms with Crippen LogP contribution in [0.5, 0.6) is 0 Å². The van der Waals surface area contributed by atoms with E-state index in [2.05, 4.69) is 12.8 Å². The van der Waals surface area contributed by atoms with E-state index in [1.807, 2.05) is 0 Å². The second-order valence-electron chi connectivity index (χ2n) is 4.08. The van der Waals surface area contributed by atoms with Crippen LogP contribution in [-0.2, 0) is 19.1 Å². The fourth-order valence-electron chi connectivity index (χ4n) is 1.28. The second-order valence-corrected chi connectivity index (χ2v) is 4.08. The summed E-state index contributed by atoms with van der Waals surface area (Å²) in [5, 5.41) is 0. The Bertz CT molecular complexity index is 291. The van der Waals surface area contributed by atoms with Crippen molar-refractivity contribution in [1.82, 2.24) is 0 Å². The lowest BCUT2D eigenvalue weighted by Gasteiger charge is -2.07. The van der Waals surface area contributed by atoms with E-state index in [1.165, 1.54) is 0 Å². The van der Waals surface area contributed by atoms with Crippen LogP contribution in [0.4, 0.5) is 0 Å². The van der Waals surface area contributed by atoms with Gasteiger partial charge in [0.25, 0.3) is 0 Å². The molecule has 0 aliphatic rings. The van der Waals surface area contributed by atoms with Gasteiger partial charge in [-0.15, -0.1) is 6.42 Å². The summed E-state index contributed by atoms with van der Waals surface area (Å²) in [5.41, 5.74) is 0. The molecule has 4 heteroatoms. The number of ether oxygens (including phenoxy) is 2. The average Bonchev–Trinajstić information content (AvgIpc) is 2.34. The zero-order chi connectivity index (χ0) is 13.8. The highest BCUT2D eigenvalue weighted by molar-refractivity contribution is 5.72. The lowest BCUT2D eigenvalue weighted by atomic mass is 10.2. The van der Waals surface area contributed by atoms with Gasteiger partial charge in [0.1, 0.15) is 0 Å². The summed E-state index contributed by atoms with van der Waals surface area (Å²) in [6.45, 7) is 4.18. The molecule has 0 aliphatic carbocycles. The van der Waals surface area contributed by atoms with Crippen LogP contribution in [-0.4, -0.2) is 24.6 Å². The predicted octanol–water partition coefficient (Wildman–Crippen LogP) is 2.46. The summed E-state index contributed by atoms with van der Waals surface area (Å²) >= 11 is 0. The first-order chi connectivity index (χ1) is 8.60. The molecule has 0 bridgehead atoms. The maximum atomic E-state index is 11.3. The van der Waals surface area contributed by atoms with Gasteiger partial charge in [-0.1, -0.05) is 25.7 Å². The van der Waals surface area contributed by atoms with E-state index in [1.54, 1.807) is 6.92 Å². The molecule has 18 heavy (non-hydrogen) atoms. The summed E-state index contributed by atoms with van der Waals surface area (Å²) in [5.74, 6) is 1.66. The Morgan fingerprint density at radius 2 is 1.83 bits per heavy atom. The SMILES string of the molecule is C#CC(C)OC(=O)CCCC(=O)OCCCCC. The van der Waals surface area contributed by atoms with Crippen LogP contribution < -0.4 is 0 Å². The molecule has 0 saturated heterocycles. The molecule has 0 rings (SSSR count). The first-order valence-electron chi connectivity index (χ1n) is 6.41. The number of carbonyl (C=O) groups excluding carboxylic acids is 2. The predicted molar refractivity (Wildman–Crippen MR) is 68.7 cm³/mol. The zero-order valence-corrected chi connectivity index (χ0v) is 11.2. The minimum Gasteiger partial charge on any atom is -0.466 e. The normalized spacial score (nSPS) is 11.4. The van der Waals surface area contributed by atoms with Crippen molar-refractivity contribution < 1.29 is 19.1 Å². The summed E-state index contributed by atoms with van der Waals surface area (Å²) in [7, 11) is 0. The van der Waals surface area contributed by atoms with Gasteiger partial charge >= 0.3 is 11.9 Å². The van der Waals surface area contributed by atoms with Crippen LogP contribution >= 0.6 is 0 Å². The minimum absolute atomic E-state index is 0.191.